The van der Waals surface area contributed by atoms with Crippen LogP contribution < -0.4 is 5.32 Å². The maximum Gasteiger partial charge on any atom is 0.253 e. The normalized spacial score (nSPS) is 17.9. The Labute approximate surface area is 281 Å². The number of rotatable bonds is 10. The van der Waals surface area contributed by atoms with Gasteiger partial charge in [0.15, 0.2) is 10.6 Å². The number of ether oxygens (including phenoxy) is 2. The first-order valence-corrected chi connectivity index (χ1v) is 17.3. The molecule has 7 rings (SSSR count). The molecule has 6 aromatic rings. The number of carbonyl (C=O) groups excluding carboxylic acids is 1. The number of thiazole rings is 1. The second-order valence-corrected chi connectivity index (χ2v) is 13.7. The van der Waals surface area contributed by atoms with Crippen molar-refractivity contribution in [2.75, 3.05) is 5.75 Å². The van der Waals surface area contributed by atoms with Crippen LogP contribution in [0.5, 0.6) is 0 Å². The van der Waals surface area contributed by atoms with Crippen LogP contribution in [-0.4, -0.2) is 32.8 Å². The molecule has 0 spiro atoms. The first-order chi connectivity index (χ1) is 23.1. The topological polar surface area (TPSA) is 93.6 Å². The van der Waals surface area contributed by atoms with Crippen LogP contribution in [-0.2, 0) is 22.6 Å². The summed E-state index contributed by atoms with van der Waals surface area (Å²) in [7, 11) is 0. The second-order valence-electron chi connectivity index (χ2n) is 11.4. The molecule has 3 atom stereocenters. The van der Waals surface area contributed by atoms with E-state index in [0.29, 0.717) is 18.5 Å². The third-order valence-electron chi connectivity index (χ3n) is 8.08. The molecular formula is C38H33N3O4S2. The fourth-order valence-electron chi connectivity index (χ4n) is 5.61. The molecule has 1 aliphatic heterocycles. The summed E-state index contributed by atoms with van der Waals surface area (Å²) in [6.07, 6.45) is 3.12. The van der Waals surface area contributed by atoms with Gasteiger partial charge in [0.2, 0.25) is 0 Å². The van der Waals surface area contributed by atoms with E-state index in [9.17, 15) is 9.90 Å². The number of thioether (sulfide) groups is 1. The Balaban J connectivity index is 1.09. The number of nitrogens with zero attached hydrogens (tertiary/aromatic N) is 2. The van der Waals surface area contributed by atoms with Crippen LogP contribution in [0.1, 0.15) is 51.4 Å². The number of aliphatic hydroxyl groups excluding tert-OH is 1. The lowest BCUT2D eigenvalue weighted by atomic mass is 9.99. The van der Waals surface area contributed by atoms with Crippen molar-refractivity contribution in [3.8, 4) is 11.1 Å². The first kappa shape index (κ1) is 31.2. The molecule has 1 aliphatic rings. The Hall–Kier alpha value is -4.38. The number of aromatic nitrogens is 2. The molecular weight excluding hydrogens is 627 g/mol. The Morgan fingerprint density at radius 3 is 2.51 bits per heavy atom. The zero-order valence-electron chi connectivity index (χ0n) is 25.5. The molecule has 1 saturated heterocycles. The third kappa shape index (κ3) is 7.62. The van der Waals surface area contributed by atoms with E-state index >= 15 is 0 Å². The maximum atomic E-state index is 12.6. The highest BCUT2D eigenvalue weighted by atomic mass is 32.2. The molecule has 47 heavy (non-hydrogen) atoms. The smallest absolute Gasteiger partial charge is 0.253 e. The molecule has 1 fully saturated rings. The van der Waals surface area contributed by atoms with E-state index in [1.54, 1.807) is 47.6 Å². The Morgan fingerprint density at radius 1 is 0.872 bits per heavy atom. The van der Waals surface area contributed by atoms with Gasteiger partial charge in [0.25, 0.3) is 5.91 Å². The molecule has 0 bridgehead atoms. The quantitative estimate of drug-likeness (QED) is 0.144. The number of hydrogen-bond acceptors (Lipinski definition) is 8. The standard InChI is InChI=1S/C38H33N3O4S2/c42-23-25-13-15-27(16-14-25)34-20-32(24-46-38-41-33-11-1-2-12-35(33)47-38)44-37(45-34)30-9-4-8-29(19-30)28-7-3-6-26(18-28)21-40-36(43)31-10-5-17-39-22-31/h1-19,22,32,34,37,42H,20-21,23-24H2,(H,40,43). The molecule has 4 aromatic carbocycles. The summed E-state index contributed by atoms with van der Waals surface area (Å²) in [4.78, 5) is 21.4. The Morgan fingerprint density at radius 2 is 1.70 bits per heavy atom. The van der Waals surface area contributed by atoms with Crippen molar-refractivity contribution in [1.82, 2.24) is 15.3 Å². The minimum absolute atomic E-state index is 0.00381. The number of para-hydroxylation sites is 1. The number of fused-ring (bicyclic) bond motifs is 1. The van der Waals surface area contributed by atoms with Crippen molar-refractivity contribution in [3.63, 3.8) is 0 Å². The van der Waals surface area contributed by atoms with Crippen LogP contribution in [0, 0.1) is 0 Å². The van der Waals surface area contributed by atoms with Gasteiger partial charge in [0, 0.05) is 36.7 Å². The van der Waals surface area contributed by atoms with Crippen molar-refractivity contribution in [2.24, 2.45) is 0 Å². The minimum Gasteiger partial charge on any atom is -0.392 e. The largest absolute Gasteiger partial charge is 0.392 e. The van der Waals surface area contributed by atoms with E-state index in [1.165, 1.54) is 4.70 Å². The number of pyridine rings is 1. The second kappa shape index (κ2) is 14.6. The lowest BCUT2D eigenvalue weighted by molar-refractivity contribution is -0.245. The van der Waals surface area contributed by atoms with E-state index in [1.807, 2.05) is 66.7 Å². The van der Waals surface area contributed by atoms with Crippen molar-refractivity contribution >= 4 is 39.2 Å². The van der Waals surface area contributed by atoms with E-state index in [-0.39, 0.29) is 24.7 Å². The summed E-state index contributed by atoms with van der Waals surface area (Å²) < 4.78 is 15.5. The lowest BCUT2D eigenvalue weighted by Crippen LogP contribution is -2.31. The Bertz CT molecular complexity index is 1930. The monoisotopic (exact) mass is 659 g/mol. The highest BCUT2D eigenvalue weighted by Crippen LogP contribution is 2.41. The number of amides is 1. The van der Waals surface area contributed by atoms with Crippen molar-refractivity contribution < 1.29 is 19.4 Å². The molecule has 7 nitrogen and oxygen atoms in total. The summed E-state index contributed by atoms with van der Waals surface area (Å²) >= 11 is 3.42. The highest BCUT2D eigenvalue weighted by Gasteiger charge is 2.32. The summed E-state index contributed by atoms with van der Waals surface area (Å²) in [5.74, 6) is 0.589. The number of benzene rings is 4. The Kier molecular flexibility index (Phi) is 9.69. The summed E-state index contributed by atoms with van der Waals surface area (Å²) in [6, 6.07) is 36.1. The van der Waals surface area contributed by atoms with Crippen LogP contribution in [0.2, 0.25) is 0 Å². The van der Waals surface area contributed by atoms with Crippen LogP contribution in [0.25, 0.3) is 21.3 Å². The molecule has 0 aliphatic carbocycles. The molecule has 0 saturated carbocycles. The number of aliphatic hydroxyl groups is 1. The average molecular weight is 660 g/mol. The van der Waals surface area contributed by atoms with Crippen molar-refractivity contribution in [2.45, 2.75) is 42.4 Å². The van der Waals surface area contributed by atoms with Gasteiger partial charge in [-0.2, -0.15) is 0 Å². The van der Waals surface area contributed by atoms with E-state index < -0.39 is 6.29 Å². The highest BCUT2D eigenvalue weighted by molar-refractivity contribution is 8.01. The van der Waals surface area contributed by atoms with Gasteiger partial charge in [-0.3, -0.25) is 9.78 Å². The molecule has 1 amide bonds. The van der Waals surface area contributed by atoms with E-state index in [2.05, 4.69) is 40.6 Å². The third-order valence-corrected chi connectivity index (χ3v) is 10.4. The van der Waals surface area contributed by atoms with Gasteiger partial charge >= 0.3 is 0 Å². The summed E-state index contributed by atoms with van der Waals surface area (Å²) in [6.45, 7) is 0.407. The van der Waals surface area contributed by atoms with Crippen molar-refractivity contribution in [3.05, 3.63) is 149 Å². The SMILES string of the molecule is O=C(NCc1cccc(-c2cccc(C3OC(CSc4nc5ccccc5s4)CC(c4ccc(CO)cc4)O3)c2)c1)c1cccnc1. The molecule has 9 heteroatoms. The lowest BCUT2D eigenvalue weighted by Gasteiger charge is -2.36. The van der Waals surface area contributed by atoms with Gasteiger partial charge in [0.1, 0.15) is 0 Å². The van der Waals surface area contributed by atoms with Crippen LogP contribution in [0.4, 0.5) is 0 Å². The zero-order chi connectivity index (χ0) is 32.0. The van der Waals surface area contributed by atoms with Gasteiger partial charge < -0.3 is 19.9 Å². The minimum atomic E-state index is -0.561. The first-order valence-electron chi connectivity index (χ1n) is 15.5. The maximum absolute atomic E-state index is 12.6. The van der Waals surface area contributed by atoms with Crippen LogP contribution in [0.15, 0.2) is 126 Å². The number of nitrogens with one attached hydrogen (secondary N) is 1. The zero-order valence-corrected chi connectivity index (χ0v) is 27.1. The van der Waals surface area contributed by atoms with E-state index in [0.717, 1.165) is 49.0 Å². The molecule has 0 radical (unpaired) electrons. The summed E-state index contributed by atoms with van der Waals surface area (Å²) in [5, 5.41) is 12.5. The van der Waals surface area contributed by atoms with Crippen molar-refractivity contribution in [1.29, 1.82) is 0 Å². The molecule has 2 N–H and O–H groups in total. The number of hydrogen-bond donors (Lipinski definition) is 2. The van der Waals surface area contributed by atoms with Crippen LogP contribution in [0.3, 0.4) is 0 Å². The van der Waals surface area contributed by atoms with Gasteiger partial charge in [-0.1, -0.05) is 84.6 Å². The predicted octanol–water partition coefficient (Wildman–Crippen LogP) is 8.12. The number of carbonyl (C=O) groups is 1. The molecule has 3 heterocycles. The fourth-order valence-corrected chi connectivity index (χ4v) is 7.72. The molecule has 2 aromatic heterocycles. The van der Waals surface area contributed by atoms with Crippen LogP contribution >= 0.6 is 23.1 Å². The molecule has 3 unspecified atom stereocenters. The fraction of sp³-hybridized carbons (Fsp3) is 0.184. The van der Waals surface area contributed by atoms with Gasteiger partial charge in [0.05, 0.1) is 34.6 Å². The average Bonchev–Trinajstić information content (AvgIpc) is 3.57. The van der Waals surface area contributed by atoms with Gasteiger partial charge in [-0.15, -0.1) is 11.3 Å². The molecule has 236 valence electrons. The predicted molar refractivity (Wildman–Crippen MR) is 186 cm³/mol. The van der Waals surface area contributed by atoms with Gasteiger partial charge in [-0.25, -0.2) is 4.98 Å². The van der Waals surface area contributed by atoms with E-state index in [4.69, 9.17) is 14.5 Å². The summed E-state index contributed by atoms with van der Waals surface area (Å²) in [5.41, 5.74) is 7.47. The van der Waals surface area contributed by atoms with Gasteiger partial charge in [-0.05, 0) is 64.2 Å².